The molecular formula is C14H20N2O2S. The molecule has 0 aliphatic carbocycles. The number of thiol groups is 1. The zero-order valence-electron chi connectivity index (χ0n) is 10.9. The van der Waals surface area contributed by atoms with Crippen molar-refractivity contribution in [3.05, 3.63) is 35.9 Å². The molecule has 0 saturated heterocycles. The first kappa shape index (κ1) is 15.6. The quantitative estimate of drug-likeness (QED) is 0.626. The zero-order valence-corrected chi connectivity index (χ0v) is 11.8. The van der Waals surface area contributed by atoms with Crippen molar-refractivity contribution in [3.63, 3.8) is 0 Å². The highest BCUT2D eigenvalue weighted by molar-refractivity contribution is 7.80. The average Bonchev–Trinajstić information content (AvgIpc) is 2.44. The largest absolute Gasteiger partial charge is 0.356 e. The molecule has 2 N–H and O–H groups in total. The molecule has 4 nitrogen and oxygen atoms in total. The maximum atomic E-state index is 11.6. The van der Waals surface area contributed by atoms with Crippen LogP contribution < -0.4 is 10.6 Å². The van der Waals surface area contributed by atoms with Crippen molar-refractivity contribution in [2.24, 2.45) is 0 Å². The highest BCUT2D eigenvalue weighted by atomic mass is 32.1. The van der Waals surface area contributed by atoms with Gasteiger partial charge in [-0.15, -0.1) is 0 Å². The minimum absolute atomic E-state index is 0.0224. The maximum absolute atomic E-state index is 11.6. The number of amides is 2. The standard InChI is InChI=1S/C14H20N2O2S/c17-13(7-6-12-4-2-1-3-5-12)15-9-8-14(18)16-10-11-19/h1-5,19H,6-11H2,(H,15,17)(H,16,18). The Balaban J connectivity index is 2.10. The lowest BCUT2D eigenvalue weighted by atomic mass is 10.1. The predicted octanol–water partition coefficient (Wildman–Crippen LogP) is 1.17. The first-order chi connectivity index (χ1) is 9.22. The molecule has 0 saturated carbocycles. The number of carbonyl (C=O) groups is 2. The van der Waals surface area contributed by atoms with Gasteiger partial charge in [0.05, 0.1) is 0 Å². The monoisotopic (exact) mass is 280 g/mol. The van der Waals surface area contributed by atoms with E-state index in [0.29, 0.717) is 31.7 Å². The summed E-state index contributed by atoms with van der Waals surface area (Å²) in [5.41, 5.74) is 1.14. The number of hydrogen-bond acceptors (Lipinski definition) is 3. The van der Waals surface area contributed by atoms with Crippen LogP contribution >= 0.6 is 12.6 Å². The molecule has 0 bridgehead atoms. The highest BCUT2D eigenvalue weighted by Gasteiger charge is 2.04. The lowest BCUT2D eigenvalue weighted by Crippen LogP contribution is -2.31. The van der Waals surface area contributed by atoms with Crippen molar-refractivity contribution in [1.29, 1.82) is 0 Å². The summed E-state index contributed by atoms with van der Waals surface area (Å²) in [6.45, 7) is 0.940. The molecule has 0 heterocycles. The third-order valence-electron chi connectivity index (χ3n) is 2.59. The third-order valence-corrected chi connectivity index (χ3v) is 2.82. The summed E-state index contributed by atoms with van der Waals surface area (Å²) in [4.78, 5) is 22.8. The van der Waals surface area contributed by atoms with Gasteiger partial charge in [0.2, 0.25) is 11.8 Å². The Morgan fingerprint density at radius 2 is 1.58 bits per heavy atom. The van der Waals surface area contributed by atoms with Crippen LogP contribution in [0.1, 0.15) is 18.4 Å². The Morgan fingerprint density at radius 3 is 2.26 bits per heavy atom. The van der Waals surface area contributed by atoms with Crippen molar-refractivity contribution >= 4 is 24.4 Å². The van der Waals surface area contributed by atoms with Gasteiger partial charge in [-0.1, -0.05) is 30.3 Å². The van der Waals surface area contributed by atoms with Gasteiger partial charge in [-0.05, 0) is 12.0 Å². The fourth-order valence-corrected chi connectivity index (χ4v) is 1.70. The SMILES string of the molecule is O=C(CCNC(=O)CCc1ccccc1)NCCS. The molecule has 0 atom stereocenters. The smallest absolute Gasteiger partial charge is 0.221 e. The Bertz CT molecular complexity index is 396. The number of nitrogens with one attached hydrogen (secondary N) is 2. The molecule has 1 aromatic rings. The second-order valence-corrected chi connectivity index (χ2v) is 4.61. The molecule has 2 amide bonds. The highest BCUT2D eigenvalue weighted by Crippen LogP contribution is 2.01. The van der Waals surface area contributed by atoms with Gasteiger partial charge >= 0.3 is 0 Å². The van der Waals surface area contributed by atoms with Crippen LogP contribution in [0.15, 0.2) is 30.3 Å². The Hall–Kier alpha value is -1.49. The van der Waals surface area contributed by atoms with E-state index in [1.54, 1.807) is 0 Å². The Kier molecular flexibility index (Phi) is 7.74. The topological polar surface area (TPSA) is 58.2 Å². The molecule has 104 valence electrons. The van der Waals surface area contributed by atoms with Crippen LogP contribution in [0.2, 0.25) is 0 Å². The van der Waals surface area contributed by atoms with Crippen LogP contribution in [0.5, 0.6) is 0 Å². The summed E-state index contributed by atoms with van der Waals surface area (Å²) in [5, 5.41) is 5.44. The maximum Gasteiger partial charge on any atom is 0.221 e. The average molecular weight is 280 g/mol. The Morgan fingerprint density at radius 1 is 0.947 bits per heavy atom. The van der Waals surface area contributed by atoms with Gasteiger partial charge in [0.25, 0.3) is 0 Å². The van der Waals surface area contributed by atoms with E-state index in [9.17, 15) is 9.59 Å². The lowest BCUT2D eigenvalue weighted by molar-refractivity contribution is -0.122. The first-order valence-corrected chi connectivity index (χ1v) is 7.04. The van der Waals surface area contributed by atoms with E-state index >= 15 is 0 Å². The summed E-state index contributed by atoms with van der Waals surface area (Å²) in [6.07, 6.45) is 1.48. The van der Waals surface area contributed by atoms with Crippen LogP contribution in [0.4, 0.5) is 0 Å². The molecule has 0 aliphatic rings. The summed E-state index contributed by atoms with van der Waals surface area (Å²) in [5.74, 6) is 0.540. The lowest BCUT2D eigenvalue weighted by Gasteiger charge is -2.06. The van der Waals surface area contributed by atoms with E-state index in [2.05, 4.69) is 23.3 Å². The van der Waals surface area contributed by atoms with Gasteiger partial charge in [0.1, 0.15) is 0 Å². The summed E-state index contributed by atoms with van der Waals surface area (Å²) in [7, 11) is 0. The van der Waals surface area contributed by atoms with Gasteiger partial charge < -0.3 is 10.6 Å². The van der Waals surface area contributed by atoms with E-state index < -0.39 is 0 Å². The summed E-state index contributed by atoms with van der Waals surface area (Å²) < 4.78 is 0. The Labute approximate surface area is 119 Å². The molecule has 0 aliphatic heterocycles. The fourth-order valence-electron chi connectivity index (χ4n) is 1.59. The van der Waals surface area contributed by atoms with Crippen LogP contribution in [0, 0.1) is 0 Å². The number of hydrogen-bond donors (Lipinski definition) is 3. The van der Waals surface area contributed by atoms with E-state index in [0.717, 1.165) is 12.0 Å². The zero-order chi connectivity index (χ0) is 13.9. The van der Waals surface area contributed by atoms with Gasteiger partial charge in [-0.3, -0.25) is 9.59 Å². The van der Waals surface area contributed by atoms with Crippen molar-refractivity contribution in [1.82, 2.24) is 10.6 Å². The molecule has 5 heteroatoms. The summed E-state index contributed by atoms with van der Waals surface area (Å²) >= 11 is 4.00. The second-order valence-electron chi connectivity index (χ2n) is 4.16. The van der Waals surface area contributed by atoms with E-state index in [1.165, 1.54) is 0 Å². The normalized spacial score (nSPS) is 9.95. The molecule has 0 radical (unpaired) electrons. The summed E-state index contributed by atoms with van der Waals surface area (Å²) in [6, 6.07) is 9.86. The number of benzene rings is 1. The molecule has 0 unspecified atom stereocenters. The minimum atomic E-state index is -0.0580. The molecule has 0 aromatic heterocycles. The molecule has 19 heavy (non-hydrogen) atoms. The molecule has 0 spiro atoms. The van der Waals surface area contributed by atoms with Gasteiger partial charge in [-0.2, -0.15) is 12.6 Å². The van der Waals surface area contributed by atoms with Crippen molar-refractivity contribution in [3.8, 4) is 0 Å². The van der Waals surface area contributed by atoms with Crippen LogP contribution in [0.25, 0.3) is 0 Å². The van der Waals surface area contributed by atoms with Crippen LogP contribution in [-0.4, -0.2) is 30.7 Å². The fraction of sp³-hybridized carbons (Fsp3) is 0.429. The first-order valence-electron chi connectivity index (χ1n) is 6.40. The molecule has 0 fully saturated rings. The second kappa shape index (κ2) is 9.44. The van der Waals surface area contributed by atoms with E-state index in [1.807, 2.05) is 30.3 Å². The van der Waals surface area contributed by atoms with Crippen LogP contribution in [-0.2, 0) is 16.0 Å². The number of carbonyl (C=O) groups excluding carboxylic acids is 2. The molecule has 1 aromatic carbocycles. The van der Waals surface area contributed by atoms with Crippen LogP contribution in [0.3, 0.4) is 0 Å². The number of rotatable bonds is 8. The number of aryl methyl sites for hydroxylation is 1. The third kappa shape index (κ3) is 7.51. The van der Waals surface area contributed by atoms with E-state index in [-0.39, 0.29) is 11.8 Å². The van der Waals surface area contributed by atoms with Crippen molar-refractivity contribution < 1.29 is 9.59 Å². The van der Waals surface area contributed by atoms with E-state index in [4.69, 9.17) is 0 Å². The van der Waals surface area contributed by atoms with Gasteiger partial charge in [-0.25, -0.2) is 0 Å². The predicted molar refractivity (Wildman–Crippen MR) is 79.3 cm³/mol. The van der Waals surface area contributed by atoms with Crippen molar-refractivity contribution in [2.45, 2.75) is 19.3 Å². The molecule has 1 rings (SSSR count). The minimum Gasteiger partial charge on any atom is -0.356 e. The molecular weight excluding hydrogens is 260 g/mol. The van der Waals surface area contributed by atoms with Gasteiger partial charge in [0.15, 0.2) is 0 Å². The van der Waals surface area contributed by atoms with Gasteiger partial charge in [0, 0.05) is 31.7 Å². The van der Waals surface area contributed by atoms with Crippen molar-refractivity contribution in [2.75, 3.05) is 18.8 Å².